The minimum absolute atomic E-state index is 0.140. The highest BCUT2D eigenvalue weighted by molar-refractivity contribution is 6.10. The lowest BCUT2D eigenvalue weighted by atomic mass is 10.1. The van der Waals surface area contributed by atoms with Crippen LogP contribution in [0.2, 0.25) is 0 Å². The normalized spacial score (nSPS) is 15.3. The molecule has 31 heavy (non-hydrogen) atoms. The average molecular weight is 420 g/mol. The molecule has 0 N–H and O–H groups in total. The molecule has 0 spiro atoms. The van der Waals surface area contributed by atoms with Gasteiger partial charge in [0.1, 0.15) is 12.4 Å². The average Bonchev–Trinajstić information content (AvgIpc) is 3.08. The molecule has 0 radical (unpaired) electrons. The first-order valence-electron chi connectivity index (χ1n) is 10.1. The van der Waals surface area contributed by atoms with Gasteiger partial charge in [0.15, 0.2) is 11.9 Å². The minimum atomic E-state index is -0.752. The van der Waals surface area contributed by atoms with E-state index in [0.29, 0.717) is 35.0 Å². The Labute approximate surface area is 180 Å². The van der Waals surface area contributed by atoms with E-state index < -0.39 is 6.23 Å². The van der Waals surface area contributed by atoms with Gasteiger partial charge in [-0.3, -0.25) is 14.5 Å². The fourth-order valence-electron chi connectivity index (χ4n) is 3.61. The van der Waals surface area contributed by atoms with Crippen LogP contribution in [0.15, 0.2) is 48.5 Å². The molecule has 0 bridgehead atoms. The molecular formula is C23H24N4O4. The maximum Gasteiger partial charge on any atom is 0.262 e. The SMILES string of the molecule is CCCN(C)C(=O)COC1c2ccccc2C(=O)N1c1ccc2ccc(OC)nc2n1. The summed E-state index contributed by atoms with van der Waals surface area (Å²) in [5.41, 5.74) is 1.69. The summed E-state index contributed by atoms with van der Waals surface area (Å²) >= 11 is 0. The van der Waals surface area contributed by atoms with Gasteiger partial charge in [-0.25, -0.2) is 4.98 Å². The highest BCUT2D eigenvalue weighted by Crippen LogP contribution is 2.37. The Bertz CT molecular complexity index is 1130. The summed E-state index contributed by atoms with van der Waals surface area (Å²) < 4.78 is 11.2. The fourth-order valence-corrected chi connectivity index (χ4v) is 3.61. The molecule has 8 nitrogen and oxygen atoms in total. The zero-order chi connectivity index (χ0) is 22.0. The van der Waals surface area contributed by atoms with Crippen LogP contribution < -0.4 is 9.64 Å². The van der Waals surface area contributed by atoms with Gasteiger partial charge in [-0.05, 0) is 30.7 Å². The predicted molar refractivity (Wildman–Crippen MR) is 116 cm³/mol. The molecule has 4 rings (SSSR count). The molecule has 1 aliphatic rings. The predicted octanol–water partition coefficient (Wildman–Crippen LogP) is 3.18. The van der Waals surface area contributed by atoms with Gasteiger partial charge in [-0.2, -0.15) is 4.98 Å². The van der Waals surface area contributed by atoms with E-state index in [1.54, 1.807) is 36.2 Å². The summed E-state index contributed by atoms with van der Waals surface area (Å²) in [4.78, 5) is 37.7. The number of carbonyl (C=O) groups is 2. The number of pyridine rings is 2. The zero-order valence-electron chi connectivity index (χ0n) is 17.7. The van der Waals surface area contributed by atoms with Crippen molar-refractivity contribution in [2.45, 2.75) is 19.6 Å². The van der Waals surface area contributed by atoms with Crippen LogP contribution in [0, 0.1) is 0 Å². The summed E-state index contributed by atoms with van der Waals surface area (Å²) in [5, 5.41) is 0.822. The van der Waals surface area contributed by atoms with Gasteiger partial charge in [-0.1, -0.05) is 25.1 Å². The topological polar surface area (TPSA) is 84.9 Å². The lowest BCUT2D eigenvalue weighted by Crippen LogP contribution is -2.35. The highest BCUT2D eigenvalue weighted by atomic mass is 16.5. The molecule has 3 heterocycles. The lowest BCUT2D eigenvalue weighted by Gasteiger charge is -2.25. The first kappa shape index (κ1) is 20.7. The number of methoxy groups -OCH3 is 1. The smallest absolute Gasteiger partial charge is 0.262 e. The molecule has 1 aliphatic heterocycles. The van der Waals surface area contributed by atoms with Gasteiger partial charge >= 0.3 is 0 Å². The Hall–Kier alpha value is -3.52. The zero-order valence-corrected chi connectivity index (χ0v) is 17.7. The number of anilines is 1. The van der Waals surface area contributed by atoms with Crippen molar-refractivity contribution < 1.29 is 19.1 Å². The van der Waals surface area contributed by atoms with Gasteiger partial charge in [0.2, 0.25) is 11.8 Å². The number of benzene rings is 1. The van der Waals surface area contributed by atoms with E-state index in [9.17, 15) is 9.59 Å². The van der Waals surface area contributed by atoms with Crippen molar-refractivity contribution in [3.8, 4) is 5.88 Å². The summed E-state index contributed by atoms with van der Waals surface area (Å²) in [7, 11) is 3.28. The largest absolute Gasteiger partial charge is 0.481 e. The number of nitrogens with zero attached hydrogens (tertiary/aromatic N) is 4. The number of aromatic nitrogens is 2. The third-order valence-electron chi connectivity index (χ3n) is 5.23. The van der Waals surface area contributed by atoms with Crippen LogP contribution in [-0.4, -0.2) is 54.0 Å². The monoisotopic (exact) mass is 420 g/mol. The summed E-state index contributed by atoms with van der Waals surface area (Å²) in [6, 6.07) is 14.4. The van der Waals surface area contributed by atoms with E-state index in [2.05, 4.69) is 9.97 Å². The standard InChI is InChI=1S/C23H24N4O4/c1-4-13-26(2)20(28)14-31-23-17-8-6-5-7-16(17)22(29)27(23)18-11-9-15-10-12-19(30-3)25-21(15)24-18/h5-12,23H,4,13-14H2,1-3H3. The van der Waals surface area contributed by atoms with Gasteiger partial charge in [-0.15, -0.1) is 0 Å². The first-order chi connectivity index (χ1) is 15.0. The second-order valence-corrected chi connectivity index (χ2v) is 7.31. The molecule has 0 fully saturated rings. The first-order valence-corrected chi connectivity index (χ1v) is 10.1. The molecule has 3 aromatic rings. The van der Waals surface area contributed by atoms with Crippen molar-refractivity contribution >= 4 is 28.7 Å². The molecule has 1 aromatic carbocycles. The Morgan fingerprint density at radius 2 is 1.90 bits per heavy atom. The molecular weight excluding hydrogens is 396 g/mol. The van der Waals surface area contributed by atoms with Gasteiger partial charge in [0, 0.05) is 36.2 Å². The molecule has 160 valence electrons. The van der Waals surface area contributed by atoms with E-state index in [1.807, 2.05) is 31.2 Å². The van der Waals surface area contributed by atoms with Gasteiger partial charge < -0.3 is 14.4 Å². The molecule has 8 heteroatoms. The van der Waals surface area contributed by atoms with E-state index in [-0.39, 0.29) is 18.4 Å². The Morgan fingerprint density at radius 3 is 2.68 bits per heavy atom. The van der Waals surface area contributed by atoms with Crippen LogP contribution in [0.4, 0.5) is 5.82 Å². The molecule has 2 amide bonds. The maximum absolute atomic E-state index is 13.2. The van der Waals surface area contributed by atoms with Crippen molar-refractivity contribution in [1.82, 2.24) is 14.9 Å². The minimum Gasteiger partial charge on any atom is -0.481 e. The molecule has 0 saturated carbocycles. The number of rotatable bonds is 7. The van der Waals surface area contributed by atoms with E-state index >= 15 is 0 Å². The summed E-state index contributed by atoms with van der Waals surface area (Å²) in [5.74, 6) is 0.459. The van der Waals surface area contributed by atoms with Crippen molar-refractivity contribution in [3.63, 3.8) is 0 Å². The van der Waals surface area contributed by atoms with Crippen LogP contribution >= 0.6 is 0 Å². The molecule has 2 aromatic heterocycles. The van der Waals surface area contributed by atoms with Crippen LogP contribution in [0.3, 0.4) is 0 Å². The number of hydrogen-bond acceptors (Lipinski definition) is 6. The highest BCUT2D eigenvalue weighted by Gasteiger charge is 2.39. The Morgan fingerprint density at radius 1 is 1.13 bits per heavy atom. The van der Waals surface area contributed by atoms with Crippen molar-refractivity contribution in [1.29, 1.82) is 0 Å². The van der Waals surface area contributed by atoms with E-state index in [4.69, 9.17) is 9.47 Å². The number of amides is 2. The third kappa shape index (κ3) is 3.94. The van der Waals surface area contributed by atoms with Crippen LogP contribution in [0.1, 0.15) is 35.5 Å². The fraction of sp³-hybridized carbons (Fsp3) is 0.304. The van der Waals surface area contributed by atoms with Crippen LogP contribution in [-0.2, 0) is 9.53 Å². The van der Waals surface area contributed by atoms with Crippen molar-refractivity contribution in [2.75, 3.05) is 32.2 Å². The lowest BCUT2D eigenvalue weighted by molar-refractivity contribution is -0.136. The van der Waals surface area contributed by atoms with Crippen LogP contribution in [0.5, 0.6) is 5.88 Å². The molecule has 1 unspecified atom stereocenters. The van der Waals surface area contributed by atoms with E-state index in [0.717, 1.165) is 11.8 Å². The molecule has 0 aliphatic carbocycles. The molecule has 0 saturated heterocycles. The van der Waals surface area contributed by atoms with Crippen LogP contribution in [0.25, 0.3) is 11.0 Å². The van der Waals surface area contributed by atoms with Crippen molar-refractivity contribution in [3.05, 3.63) is 59.7 Å². The Kier molecular flexibility index (Phi) is 5.81. The van der Waals surface area contributed by atoms with Gasteiger partial charge in [0.05, 0.1) is 7.11 Å². The number of hydrogen-bond donors (Lipinski definition) is 0. The third-order valence-corrected chi connectivity index (χ3v) is 5.23. The number of ether oxygens (including phenoxy) is 2. The summed E-state index contributed by atoms with van der Waals surface area (Å²) in [6.45, 7) is 2.51. The van der Waals surface area contributed by atoms with E-state index in [1.165, 1.54) is 12.0 Å². The Balaban J connectivity index is 1.68. The number of fused-ring (bicyclic) bond motifs is 2. The second-order valence-electron chi connectivity index (χ2n) is 7.31. The van der Waals surface area contributed by atoms with Gasteiger partial charge in [0.25, 0.3) is 5.91 Å². The maximum atomic E-state index is 13.2. The molecule has 1 atom stereocenters. The van der Waals surface area contributed by atoms with Crippen molar-refractivity contribution in [2.24, 2.45) is 0 Å². The summed E-state index contributed by atoms with van der Waals surface area (Å²) in [6.07, 6.45) is 0.106. The number of carbonyl (C=O) groups excluding carboxylic acids is 2. The quantitative estimate of drug-likeness (QED) is 0.584. The number of likely N-dealkylation sites (N-methyl/N-ethyl adjacent to an activating group) is 1. The second kappa shape index (κ2) is 8.69.